The van der Waals surface area contributed by atoms with E-state index in [1.54, 1.807) is 60.6 Å². The van der Waals surface area contributed by atoms with Crippen LogP contribution >= 0.6 is 0 Å². The minimum Gasteiger partial charge on any atom is -0.267 e. The molecule has 4 heteroatoms. The van der Waals surface area contributed by atoms with E-state index in [0.717, 1.165) is 0 Å². The van der Waals surface area contributed by atoms with Gasteiger partial charge in [-0.1, -0.05) is 36.4 Å². The van der Waals surface area contributed by atoms with Crippen LogP contribution < -0.4 is 0 Å². The maximum atomic E-state index is 12.9. The first-order valence-electron chi connectivity index (χ1n) is 7.55. The third-order valence-corrected chi connectivity index (χ3v) is 3.70. The molecule has 0 aromatic heterocycles. The van der Waals surface area contributed by atoms with Crippen LogP contribution in [0.5, 0.6) is 0 Å². The minimum atomic E-state index is -0.380. The highest BCUT2D eigenvalue weighted by molar-refractivity contribution is 6.09. The fourth-order valence-electron chi connectivity index (χ4n) is 2.07. The van der Waals surface area contributed by atoms with Gasteiger partial charge in [-0.25, -0.2) is 10.0 Å². The summed E-state index contributed by atoms with van der Waals surface area (Å²) in [5, 5.41) is 2.89. The highest BCUT2D eigenvalue weighted by Gasteiger charge is 2.33. The van der Waals surface area contributed by atoms with Crippen LogP contribution in [0.15, 0.2) is 60.7 Å². The molecule has 0 unspecified atom stereocenters. The molecular weight excluding hydrogens is 288 g/mol. The Hall–Kier alpha value is -2.46. The molecule has 0 atom stereocenters. The summed E-state index contributed by atoms with van der Waals surface area (Å²) in [6, 6.07) is 17.7. The third-order valence-electron chi connectivity index (χ3n) is 3.70. The second kappa shape index (κ2) is 6.75. The molecule has 23 heavy (non-hydrogen) atoms. The lowest BCUT2D eigenvalue weighted by molar-refractivity contribution is -0.0300. The van der Waals surface area contributed by atoms with Crippen molar-refractivity contribution in [3.63, 3.8) is 0 Å². The monoisotopic (exact) mass is 310 g/mol. The smallest absolute Gasteiger partial charge is 0.267 e. The van der Waals surface area contributed by atoms with Gasteiger partial charge in [-0.2, -0.15) is 0 Å². The molecule has 0 fully saturated rings. The van der Waals surface area contributed by atoms with Crippen LogP contribution in [0.1, 0.15) is 41.5 Å². The minimum absolute atomic E-state index is 0.336. The normalized spacial score (nSPS) is 11.3. The zero-order chi connectivity index (χ0) is 17.0. The largest absolute Gasteiger partial charge is 0.275 e. The summed E-state index contributed by atoms with van der Waals surface area (Å²) < 4.78 is 0. The second-order valence-corrected chi connectivity index (χ2v) is 6.35. The van der Waals surface area contributed by atoms with Crippen molar-refractivity contribution in [3.05, 3.63) is 71.8 Å². The lowest BCUT2D eigenvalue weighted by Crippen LogP contribution is -2.55. The third kappa shape index (κ3) is 3.85. The van der Waals surface area contributed by atoms with E-state index < -0.39 is 0 Å². The summed E-state index contributed by atoms with van der Waals surface area (Å²) >= 11 is 0. The van der Waals surface area contributed by atoms with E-state index in [9.17, 15) is 9.59 Å². The summed E-state index contributed by atoms with van der Waals surface area (Å²) in [6.45, 7) is 5.86. The first-order valence-corrected chi connectivity index (χ1v) is 7.55. The van der Waals surface area contributed by atoms with E-state index in [2.05, 4.69) is 0 Å². The molecule has 2 rings (SSSR count). The van der Waals surface area contributed by atoms with Crippen LogP contribution in [0, 0.1) is 0 Å². The number of amides is 2. The maximum absolute atomic E-state index is 12.9. The Morgan fingerprint density at radius 3 is 1.39 bits per heavy atom. The van der Waals surface area contributed by atoms with Crippen LogP contribution in [-0.4, -0.2) is 34.4 Å². The van der Waals surface area contributed by atoms with Crippen molar-refractivity contribution in [2.24, 2.45) is 0 Å². The van der Waals surface area contributed by atoms with E-state index >= 15 is 0 Å². The van der Waals surface area contributed by atoms with Gasteiger partial charge in [0.25, 0.3) is 11.8 Å². The predicted molar refractivity (Wildman–Crippen MR) is 90.9 cm³/mol. The first kappa shape index (κ1) is 16.9. The van der Waals surface area contributed by atoms with Crippen molar-refractivity contribution in [1.82, 2.24) is 10.0 Å². The fraction of sp³-hybridized carbons (Fsp3) is 0.263. The van der Waals surface area contributed by atoms with E-state index in [-0.39, 0.29) is 17.4 Å². The van der Waals surface area contributed by atoms with Crippen LogP contribution in [0.4, 0.5) is 0 Å². The number of imide groups is 1. The number of hydrazine groups is 1. The van der Waals surface area contributed by atoms with Crippen LogP contribution in [0.25, 0.3) is 0 Å². The quantitative estimate of drug-likeness (QED) is 0.642. The molecule has 0 aliphatic carbocycles. The Labute approximate surface area is 137 Å². The zero-order valence-corrected chi connectivity index (χ0v) is 14.0. The van der Waals surface area contributed by atoms with Crippen molar-refractivity contribution < 1.29 is 9.59 Å². The number of nitrogens with zero attached hydrogens (tertiary/aromatic N) is 2. The molecule has 0 saturated carbocycles. The van der Waals surface area contributed by atoms with Gasteiger partial charge in [0, 0.05) is 23.7 Å². The molecule has 0 radical (unpaired) electrons. The standard InChI is InChI=1S/C19H22N2O2/c1-19(2,3)20(4)21(17(22)15-11-7-5-8-12-15)18(23)16-13-9-6-10-14-16/h5-14H,1-4H3. The first-order chi connectivity index (χ1) is 10.8. The van der Waals surface area contributed by atoms with Gasteiger partial charge in [-0.3, -0.25) is 9.59 Å². The molecule has 0 heterocycles. The van der Waals surface area contributed by atoms with Crippen LogP contribution in [0.2, 0.25) is 0 Å². The highest BCUT2D eigenvalue weighted by atomic mass is 16.2. The Morgan fingerprint density at radius 1 is 0.739 bits per heavy atom. The molecule has 4 nitrogen and oxygen atoms in total. The molecule has 2 amide bonds. The fourth-order valence-corrected chi connectivity index (χ4v) is 2.07. The Balaban J connectivity index is 2.44. The number of carbonyl (C=O) groups excluding carboxylic acids is 2. The second-order valence-electron chi connectivity index (χ2n) is 6.35. The lowest BCUT2D eigenvalue weighted by atomic mass is 10.1. The highest BCUT2D eigenvalue weighted by Crippen LogP contribution is 2.19. The average Bonchev–Trinajstić information content (AvgIpc) is 2.55. The van der Waals surface area contributed by atoms with E-state index in [1.165, 1.54) is 5.01 Å². The number of rotatable bonds is 3. The van der Waals surface area contributed by atoms with E-state index in [0.29, 0.717) is 11.1 Å². The summed E-state index contributed by atoms with van der Waals surface area (Å²) in [4.78, 5) is 25.8. The lowest BCUT2D eigenvalue weighted by Gasteiger charge is -2.39. The molecule has 0 aliphatic heterocycles. The van der Waals surface area contributed by atoms with Crippen molar-refractivity contribution >= 4 is 11.8 Å². The van der Waals surface area contributed by atoms with Gasteiger partial charge in [0.05, 0.1) is 0 Å². The van der Waals surface area contributed by atoms with Crippen molar-refractivity contribution in [3.8, 4) is 0 Å². The van der Waals surface area contributed by atoms with Gasteiger partial charge in [0.2, 0.25) is 0 Å². The molecular formula is C19H22N2O2. The van der Waals surface area contributed by atoms with E-state index in [4.69, 9.17) is 0 Å². The van der Waals surface area contributed by atoms with Crippen molar-refractivity contribution in [2.45, 2.75) is 26.3 Å². The number of hydrogen-bond donors (Lipinski definition) is 0. The maximum Gasteiger partial charge on any atom is 0.275 e. The number of carbonyl (C=O) groups is 2. The average molecular weight is 310 g/mol. The molecule has 2 aromatic carbocycles. The van der Waals surface area contributed by atoms with Gasteiger partial charge in [0.1, 0.15) is 0 Å². The van der Waals surface area contributed by atoms with Gasteiger partial charge < -0.3 is 0 Å². The molecule has 0 spiro atoms. The van der Waals surface area contributed by atoms with Crippen molar-refractivity contribution in [1.29, 1.82) is 0 Å². The summed E-state index contributed by atoms with van der Waals surface area (Å²) in [5.41, 5.74) is 0.579. The SMILES string of the molecule is CN(N(C(=O)c1ccccc1)C(=O)c1ccccc1)C(C)(C)C. The molecule has 0 aliphatic rings. The van der Waals surface area contributed by atoms with E-state index in [1.807, 2.05) is 32.9 Å². The predicted octanol–water partition coefficient (Wildman–Crippen LogP) is 3.61. The zero-order valence-electron chi connectivity index (χ0n) is 14.0. The summed E-state index contributed by atoms with van der Waals surface area (Å²) in [5.74, 6) is -0.672. The number of benzene rings is 2. The molecule has 0 bridgehead atoms. The molecule has 0 saturated heterocycles. The summed E-state index contributed by atoms with van der Waals surface area (Å²) in [6.07, 6.45) is 0. The van der Waals surface area contributed by atoms with Gasteiger partial charge in [-0.05, 0) is 45.0 Å². The molecule has 2 aromatic rings. The van der Waals surface area contributed by atoms with Crippen LogP contribution in [-0.2, 0) is 0 Å². The molecule has 0 N–H and O–H groups in total. The van der Waals surface area contributed by atoms with Crippen LogP contribution in [0.3, 0.4) is 0 Å². The van der Waals surface area contributed by atoms with Gasteiger partial charge in [-0.15, -0.1) is 0 Å². The number of hydrogen-bond acceptors (Lipinski definition) is 3. The Kier molecular flexibility index (Phi) is 4.96. The van der Waals surface area contributed by atoms with Gasteiger partial charge >= 0.3 is 0 Å². The Morgan fingerprint density at radius 2 is 1.09 bits per heavy atom. The Bertz CT molecular complexity index is 624. The van der Waals surface area contributed by atoms with Crippen molar-refractivity contribution in [2.75, 3.05) is 7.05 Å². The molecule has 120 valence electrons. The topological polar surface area (TPSA) is 40.6 Å². The van der Waals surface area contributed by atoms with Gasteiger partial charge in [0.15, 0.2) is 0 Å². The summed E-state index contributed by atoms with van der Waals surface area (Å²) in [7, 11) is 1.75.